The zero-order valence-electron chi connectivity index (χ0n) is 4.85. The third-order valence-corrected chi connectivity index (χ3v) is 1.68. The van der Waals surface area contributed by atoms with Crippen LogP contribution in [0.15, 0.2) is 10.4 Å². The van der Waals surface area contributed by atoms with E-state index in [2.05, 4.69) is 12.6 Å². The van der Waals surface area contributed by atoms with Crippen molar-refractivity contribution in [3.63, 3.8) is 0 Å². The maximum atomic E-state index is 9.76. The predicted molar refractivity (Wildman–Crippen MR) is 49.3 cm³/mol. The maximum absolute atomic E-state index is 9.76. The van der Waals surface area contributed by atoms with Crippen molar-refractivity contribution in [2.24, 2.45) is 0 Å². The van der Waals surface area contributed by atoms with E-state index in [-0.39, 0.29) is 61.4 Å². The summed E-state index contributed by atoms with van der Waals surface area (Å²) in [6, 6.07) is 1.82. The predicted octanol–water partition coefficient (Wildman–Crippen LogP) is 0.600. The average Bonchev–Trinajstić information content (AvgIpc) is 1.82. The van der Waals surface area contributed by atoms with Gasteiger partial charge in [0.05, 0.1) is 16.7 Å². The van der Waals surface area contributed by atoms with Gasteiger partial charge in [-0.2, -0.15) is 5.26 Å². The molecule has 0 unspecified atom stereocenters. The summed E-state index contributed by atoms with van der Waals surface area (Å²) in [5.41, 5.74) is 0. The fourth-order valence-corrected chi connectivity index (χ4v) is 0.895. The summed E-state index contributed by atoms with van der Waals surface area (Å²) in [6.45, 7) is 0. The number of hydrogen-bond acceptors (Lipinski definition) is 5. The van der Waals surface area contributed by atoms with Gasteiger partial charge in [0.15, 0.2) is 0 Å². The Bertz CT molecular complexity index is 201. The van der Waals surface area contributed by atoms with Crippen LogP contribution >= 0.6 is 24.4 Å². The molecule has 0 aliphatic rings. The van der Waals surface area contributed by atoms with E-state index in [1.165, 1.54) is 0 Å². The van der Waals surface area contributed by atoms with Crippen LogP contribution < -0.4 is 0 Å². The van der Waals surface area contributed by atoms with E-state index in [4.69, 9.17) is 5.26 Å². The summed E-state index contributed by atoms with van der Waals surface area (Å²) < 4.78 is 0.242. The van der Waals surface area contributed by atoms with E-state index < -0.39 is 4.92 Å². The Hall–Kier alpha value is 0.966. The molecule has 0 aromatic carbocycles. The number of nitrogens with zero attached hydrogens (tertiary/aromatic N) is 2. The molecular formula is C4H5KN2O2S2. The summed E-state index contributed by atoms with van der Waals surface area (Å²) in [6.07, 6.45) is 0.755. The van der Waals surface area contributed by atoms with Crippen LogP contribution in [0.5, 0.6) is 0 Å². The first-order chi connectivity index (χ1) is 4.66. The first-order valence-corrected chi connectivity index (χ1v) is 3.64. The Morgan fingerprint density at radius 1 is 1.91 bits per heavy atom. The minimum atomic E-state index is -0.604. The van der Waals surface area contributed by atoms with Gasteiger partial charge in [0, 0.05) is 0 Å². The first-order valence-electron chi connectivity index (χ1n) is 2.21. The molecular weight excluding hydrogens is 211 g/mol. The van der Waals surface area contributed by atoms with Crippen LogP contribution in [0, 0.1) is 21.4 Å². The van der Waals surface area contributed by atoms with Crippen molar-refractivity contribution >= 4 is 75.8 Å². The third-order valence-electron chi connectivity index (χ3n) is 0.500. The van der Waals surface area contributed by atoms with Crippen molar-refractivity contribution in [3.05, 3.63) is 20.6 Å². The van der Waals surface area contributed by atoms with Gasteiger partial charge in [-0.05, 0) is 0 Å². The Morgan fingerprint density at radius 2 is 2.45 bits per heavy atom. The summed E-state index contributed by atoms with van der Waals surface area (Å²) in [5.74, 6) is 0.184. The van der Waals surface area contributed by atoms with Crippen LogP contribution in [-0.4, -0.2) is 62.1 Å². The number of nitriles is 1. The fraction of sp³-hybridized carbons (Fsp3) is 0.250. The molecule has 0 saturated carbocycles. The zero-order valence-corrected chi connectivity index (χ0v) is 6.56. The summed E-state index contributed by atoms with van der Waals surface area (Å²) in [4.78, 5) is 9.15. The van der Waals surface area contributed by atoms with Gasteiger partial charge < -0.3 is 0 Å². The summed E-state index contributed by atoms with van der Waals surface area (Å²) in [7, 11) is 0. The molecule has 0 saturated heterocycles. The van der Waals surface area contributed by atoms with E-state index >= 15 is 0 Å². The Morgan fingerprint density at radius 3 is 2.82 bits per heavy atom. The molecule has 0 amide bonds. The molecule has 0 aliphatic carbocycles. The molecule has 11 heavy (non-hydrogen) atoms. The van der Waals surface area contributed by atoms with Crippen LogP contribution in [-0.2, 0) is 0 Å². The van der Waals surface area contributed by atoms with Crippen LogP contribution in [0.3, 0.4) is 0 Å². The second kappa shape index (κ2) is 9.06. The van der Waals surface area contributed by atoms with Gasteiger partial charge in [-0.15, -0.1) is 12.6 Å². The SMILES string of the molecule is N#CCS/C(S)=C/[N+](=O)[O-].[KH]. The molecule has 0 aliphatic heterocycles. The summed E-state index contributed by atoms with van der Waals surface area (Å²) in [5, 5.41) is 17.8. The molecule has 0 bridgehead atoms. The minimum absolute atomic E-state index is 0. The average molecular weight is 216 g/mol. The van der Waals surface area contributed by atoms with Gasteiger partial charge in [0.1, 0.15) is 4.24 Å². The van der Waals surface area contributed by atoms with Crippen molar-refractivity contribution in [2.75, 3.05) is 5.75 Å². The van der Waals surface area contributed by atoms with Crippen molar-refractivity contribution in [1.82, 2.24) is 0 Å². The van der Waals surface area contributed by atoms with Crippen LogP contribution in [0.2, 0.25) is 0 Å². The number of thioether (sulfide) groups is 1. The number of hydrogen-bond donors (Lipinski definition) is 1. The van der Waals surface area contributed by atoms with Gasteiger partial charge in [-0.3, -0.25) is 10.1 Å². The Labute approximate surface area is 116 Å². The molecule has 7 heteroatoms. The van der Waals surface area contributed by atoms with Gasteiger partial charge in [-0.25, -0.2) is 0 Å². The van der Waals surface area contributed by atoms with E-state index in [1.807, 2.05) is 6.07 Å². The number of rotatable bonds is 3. The third kappa shape index (κ3) is 11.0. The molecule has 0 heterocycles. The van der Waals surface area contributed by atoms with Crippen LogP contribution in [0.4, 0.5) is 0 Å². The van der Waals surface area contributed by atoms with E-state index in [0.29, 0.717) is 0 Å². The quantitative estimate of drug-likeness (QED) is 0.325. The molecule has 0 rings (SSSR count). The molecule has 0 radical (unpaired) electrons. The topological polar surface area (TPSA) is 66.9 Å². The van der Waals surface area contributed by atoms with Crippen molar-refractivity contribution in [1.29, 1.82) is 5.26 Å². The van der Waals surface area contributed by atoms with E-state index in [1.54, 1.807) is 0 Å². The van der Waals surface area contributed by atoms with Gasteiger partial charge in [-0.1, -0.05) is 11.8 Å². The van der Waals surface area contributed by atoms with Gasteiger partial charge in [0.25, 0.3) is 6.20 Å². The second-order valence-corrected chi connectivity index (χ2v) is 3.00. The zero-order chi connectivity index (χ0) is 7.98. The Balaban J connectivity index is 0. The molecule has 0 aromatic rings. The second-order valence-electron chi connectivity index (χ2n) is 1.20. The van der Waals surface area contributed by atoms with Crippen LogP contribution in [0.25, 0.3) is 0 Å². The van der Waals surface area contributed by atoms with E-state index in [9.17, 15) is 10.1 Å². The molecule has 0 fully saturated rings. The van der Waals surface area contributed by atoms with Crippen molar-refractivity contribution in [3.8, 4) is 6.07 Å². The van der Waals surface area contributed by atoms with Gasteiger partial charge >= 0.3 is 51.4 Å². The number of nitro groups is 1. The molecule has 0 spiro atoms. The van der Waals surface area contributed by atoms with Crippen molar-refractivity contribution in [2.45, 2.75) is 0 Å². The normalized spacial score (nSPS) is 9.64. The standard InChI is InChI=1S/C4H4N2O2S2.K.H/c5-1-2-10-4(9)3-6(7)8;;/h3,9H,2H2;;/b4-3+;;. The fourth-order valence-electron chi connectivity index (χ4n) is 0.234. The number of thiol groups is 1. The van der Waals surface area contributed by atoms with Crippen LogP contribution in [0.1, 0.15) is 0 Å². The van der Waals surface area contributed by atoms with E-state index in [0.717, 1.165) is 18.0 Å². The Kier molecular flexibility index (Phi) is 11.9. The molecule has 0 atom stereocenters. The van der Waals surface area contributed by atoms with Gasteiger partial charge in [0.2, 0.25) is 0 Å². The molecule has 4 nitrogen and oxygen atoms in total. The molecule has 56 valence electrons. The summed E-state index contributed by atoms with van der Waals surface area (Å²) >= 11 is 4.76. The molecule has 0 N–H and O–H groups in total. The first kappa shape index (κ1) is 14.5. The van der Waals surface area contributed by atoms with Crippen molar-refractivity contribution < 1.29 is 4.92 Å². The molecule has 0 aromatic heterocycles. The monoisotopic (exact) mass is 216 g/mol.